The van der Waals surface area contributed by atoms with Crippen molar-refractivity contribution in [3.05, 3.63) is 89.0 Å². The van der Waals surface area contributed by atoms with Crippen molar-refractivity contribution < 1.29 is 22.3 Å². The molecule has 2 fully saturated rings. The molecule has 236 valence electrons. The van der Waals surface area contributed by atoms with Crippen molar-refractivity contribution in [1.82, 2.24) is 14.6 Å². The lowest BCUT2D eigenvalue weighted by molar-refractivity contribution is -0.118. The highest BCUT2D eigenvalue weighted by molar-refractivity contribution is 7.89. The van der Waals surface area contributed by atoms with Gasteiger partial charge in [-0.15, -0.1) is 0 Å². The third kappa shape index (κ3) is 7.30. The van der Waals surface area contributed by atoms with Crippen LogP contribution in [0, 0.1) is 11.7 Å². The number of pyridine rings is 1. The Hall–Kier alpha value is -2.93. The van der Waals surface area contributed by atoms with Gasteiger partial charge in [0.15, 0.2) is 0 Å². The molecule has 0 radical (unpaired) electrons. The van der Waals surface area contributed by atoms with Crippen molar-refractivity contribution in [3.8, 4) is 0 Å². The van der Waals surface area contributed by atoms with E-state index in [4.69, 9.17) is 22.1 Å². The van der Waals surface area contributed by atoms with E-state index in [9.17, 15) is 13.2 Å². The van der Waals surface area contributed by atoms with Gasteiger partial charge in [0.05, 0.1) is 29.0 Å². The highest BCUT2D eigenvalue weighted by atomic mass is 35.5. The average molecular weight is 644 g/mol. The lowest BCUT2D eigenvalue weighted by Crippen LogP contribution is -2.58. The van der Waals surface area contributed by atoms with Crippen molar-refractivity contribution >= 4 is 33.2 Å². The summed E-state index contributed by atoms with van der Waals surface area (Å²) in [6.07, 6.45) is 4.54. The van der Waals surface area contributed by atoms with Crippen LogP contribution in [0.25, 0.3) is 0 Å². The second-order valence-corrected chi connectivity index (χ2v) is 13.8. The molecule has 2 aliphatic heterocycles. The first-order valence-corrected chi connectivity index (χ1v) is 16.8. The van der Waals surface area contributed by atoms with Crippen LogP contribution in [-0.4, -0.2) is 68.0 Å². The molecule has 2 aromatic carbocycles. The Balaban J connectivity index is 1.35. The Labute approximate surface area is 263 Å². The van der Waals surface area contributed by atoms with E-state index in [1.807, 2.05) is 19.1 Å². The Kier molecular flexibility index (Phi) is 10.7. The number of carbonyl (C=O) groups excluding carboxylic acids is 1. The summed E-state index contributed by atoms with van der Waals surface area (Å²) in [6, 6.07) is 14.0. The van der Waals surface area contributed by atoms with Gasteiger partial charge in [-0.2, -0.15) is 4.31 Å². The van der Waals surface area contributed by atoms with Crippen LogP contribution < -0.4 is 16.4 Å². The summed E-state index contributed by atoms with van der Waals surface area (Å²) in [5.41, 5.74) is 8.03. The summed E-state index contributed by atoms with van der Waals surface area (Å²) in [5, 5.41) is 6.73. The molecular formula is C32H39ClFN5O4S. The van der Waals surface area contributed by atoms with Crippen molar-refractivity contribution in [2.75, 3.05) is 31.6 Å². The smallest absolute Gasteiger partial charge is 0.243 e. The predicted octanol–water partition coefficient (Wildman–Crippen LogP) is 4.33. The maximum atomic E-state index is 15.3. The third-order valence-corrected chi connectivity index (χ3v) is 11.0. The van der Waals surface area contributed by atoms with Gasteiger partial charge in [-0.25, -0.2) is 12.8 Å². The number of piperazine rings is 1. The summed E-state index contributed by atoms with van der Waals surface area (Å²) in [4.78, 5) is 17.8. The van der Waals surface area contributed by atoms with E-state index in [0.717, 1.165) is 24.6 Å². The molecule has 2 saturated heterocycles. The fraction of sp³-hybridized carbons (Fsp3) is 0.438. The predicted molar refractivity (Wildman–Crippen MR) is 168 cm³/mol. The zero-order chi connectivity index (χ0) is 31.3. The molecule has 3 aromatic rings. The van der Waals surface area contributed by atoms with Crippen molar-refractivity contribution in [3.63, 3.8) is 0 Å². The van der Waals surface area contributed by atoms with E-state index in [-0.39, 0.29) is 40.4 Å². The van der Waals surface area contributed by atoms with Crippen LogP contribution in [0.5, 0.6) is 0 Å². The number of anilines is 1. The molecule has 0 saturated carbocycles. The second kappa shape index (κ2) is 14.4. The van der Waals surface area contributed by atoms with Gasteiger partial charge in [-0.05, 0) is 68.4 Å². The number of nitrogens with zero attached hydrogens (tertiary/aromatic N) is 2. The first-order valence-electron chi connectivity index (χ1n) is 15.0. The number of carbonyl (C=O) groups is 1. The molecule has 3 heterocycles. The van der Waals surface area contributed by atoms with Crippen LogP contribution in [0.1, 0.15) is 43.2 Å². The van der Waals surface area contributed by atoms with Crippen LogP contribution in [0.2, 0.25) is 5.02 Å². The van der Waals surface area contributed by atoms with E-state index in [1.54, 1.807) is 42.5 Å². The number of halogens is 2. The molecule has 0 unspecified atom stereocenters. The molecule has 5 rings (SSSR count). The minimum atomic E-state index is -3.78. The van der Waals surface area contributed by atoms with Gasteiger partial charge in [0.1, 0.15) is 5.82 Å². The monoisotopic (exact) mass is 643 g/mol. The van der Waals surface area contributed by atoms with Gasteiger partial charge in [0, 0.05) is 54.9 Å². The SMILES string of the molecule is C[C@@H]1CNC[C@H](CCc2c(F)cncc2NC(=O)[C@@H](N)[C@@H](c2ccc(Cl)cc2)C2CCOCC2)N1S(=O)(=O)c1ccccc1. The summed E-state index contributed by atoms with van der Waals surface area (Å²) in [6.45, 7) is 3.96. The van der Waals surface area contributed by atoms with Gasteiger partial charge in [0.25, 0.3) is 0 Å². The van der Waals surface area contributed by atoms with E-state index in [2.05, 4.69) is 15.6 Å². The number of hydrogen-bond donors (Lipinski definition) is 3. The minimum absolute atomic E-state index is 0.120. The quantitative estimate of drug-likeness (QED) is 0.300. The summed E-state index contributed by atoms with van der Waals surface area (Å²) in [7, 11) is -3.78. The zero-order valence-electron chi connectivity index (χ0n) is 24.7. The molecule has 1 amide bonds. The first-order chi connectivity index (χ1) is 21.2. The highest BCUT2D eigenvalue weighted by Gasteiger charge is 2.38. The topological polar surface area (TPSA) is 127 Å². The Morgan fingerprint density at radius 1 is 1.14 bits per heavy atom. The van der Waals surface area contributed by atoms with Crippen LogP contribution >= 0.6 is 11.6 Å². The Morgan fingerprint density at radius 2 is 1.84 bits per heavy atom. The number of nitrogens with two attached hydrogens (primary N) is 1. The van der Waals surface area contributed by atoms with E-state index in [0.29, 0.717) is 37.7 Å². The largest absolute Gasteiger partial charge is 0.381 e. The van der Waals surface area contributed by atoms with E-state index >= 15 is 4.39 Å². The van der Waals surface area contributed by atoms with E-state index in [1.165, 1.54) is 10.5 Å². The number of rotatable bonds is 10. The summed E-state index contributed by atoms with van der Waals surface area (Å²) >= 11 is 6.13. The third-order valence-electron chi connectivity index (χ3n) is 8.64. The molecule has 12 heteroatoms. The second-order valence-electron chi connectivity index (χ2n) is 11.5. The summed E-state index contributed by atoms with van der Waals surface area (Å²) in [5.74, 6) is -1.21. The molecule has 4 atom stereocenters. The molecule has 0 spiro atoms. The molecule has 0 aliphatic carbocycles. The Morgan fingerprint density at radius 3 is 2.55 bits per heavy atom. The van der Waals surface area contributed by atoms with Crippen molar-refractivity contribution in [2.45, 2.75) is 61.5 Å². The molecule has 44 heavy (non-hydrogen) atoms. The van der Waals surface area contributed by atoms with Gasteiger partial charge >= 0.3 is 0 Å². The lowest BCUT2D eigenvalue weighted by atomic mass is 9.76. The number of amides is 1. The number of benzene rings is 2. The first kappa shape index (κ1) is 32.5. The van der Waals surface area contributed by atoms with Gasteiger partial charge < -0.3 is 21.1 Å². The lowest BCUT2D eigenvalue weighted by Gasteiger charge is -2.40. The number of sulfonamides is 1. The molecular weight excluding hydrogens is 605 g/mol. The molecule has 2 aliphatic rings. The van der Waals surface area contributed by atoms with Crippen molar-refractivity contribution in [1.29, 1.82) is 0 Å². The zero-order valence-corrected chi connectivity index (χ0v) is 26.2. The number of aromatic nitrogens is 1. The van der Waals surface area contributed by atoms with Crippen molar-refractivity contribution in [2.24, 2.45) is 11.7 Å². The summed E-state index contributed by atoms with van der Waals surface area (Å²) < 4.78 is 49.6. The van der Waals surface area contributed by atoms with Crippen LogP contribution in [0.4, 0.5) is 10.1 Å². The maximum absolute atomic E-state index is 15.3. The molecule has 4 N–H and O–H groups in total. The van der Waals surface area contributed by atoms with Gasteiger partial charge in [-0.1, -0.05) is 41.9 Å². The minimum Gasteiger partial charge on any atom is -0.381 e. The molecule has 0 bridgehead atoms. The van der Waals surface area contributed by atoms with Gasteiger partial charge in [-0.3, -0.25) is 9.78 Å². The highest BCUT2D eigenvalue weighted by Crippen LogP contribution is 2.35. The maximum Gasteiger partial charge on any atom is 0.243 e. The van der Waals surface area contributed by atoms with Crippen LogP contribution in [0.15, 0.2) is 71.9 Å². The number of nitrogens with one attached hydrogen (secondary N) is 2. The van der Waals surface area contributed by atoms with Crippen LogP contribution in [-0.2, 0) is 26.0 Å². The number of hydrogen-bond acceptors (Lipinski definition) is 7. The standard InChI is InChI=1S/C32H39ClFN5O4S/c1-21-17-36-18-25(39(21)44(41,42)26-5-3-2-4-6-26)11-12-27-28(34)19-37-20-29(27)38-32(40)31(35)30(23-13-15-43-16-14-23)22-7-9-24(33)10-8-22/h2-10,19-21,23,25,30-31,36H,11-18,35H2,1H3,(H,38,40)/t21-,25+,30+,31+/m1/s1. The van der Waals surface area contributed by atoms with E-state index < -0.39 is 33.8 Å². The van der Waals surface area contributed by atoms with Crippen LogP contribution in [0.3, 0.4) is 0 Å². The molecule has 9 nitrogen and oxygen atoms in total. The molecule has 1 aromatic heterocycles. The fourth-order valence-electron chi connectivity index (χ4n) is 6.42. The average Bonchev–Trinajstić information content (AvgIpc) is 3.02. The number of ether oxygens (including phenoxy) is 1. The Bertz CT molecular complexity index is 1520. The van der Waals surface area contributed by atoms with Gasteiger partial charge in [0.2, 0.25) is 15.9 Å². The fourth-order valence-corrected chi connectivity index (χ4v) is 8.41. The normalized spacial score (nSPS) is 21.5.